The number of alkyl carbamates (subject to hydrolysis) is 1. The quantitative estimate of drug-likeness (QED) is 0.236. The van der Waals surface area contributed by atoms with E-state index < -0.39 is 41.2 Å². The molecule has 1 unspecified atom stereocenters. The summed E-state index contributed by atoms with van der Waals surface area (Å²) in [6.07, 6.45) is -5.92. The lowest BCUT2D eigenvalue weighted by atomic mass is 10.0. The molecule has 4 N–H and O–H groups in total. The Balaban J connectivity index is 1.98. The minimum atomic E-state index is -4.49. The van der Waals surface area contributed by atoms with Gasteiger partial charge in [-0.3, -0.25) is 0 Å². The van der Waals surface area contributed by atoms with E-state index in [4.69, 9.17) is 15.2 Å². The summed E-state index contributed by atoms with van der Waals surface area (Å²) in [6.45, 7) is 10.1. The van der Waals surface area contributed by atoms with Crippen LogP contribution in [-0.2, 0) is 22.1 Å². The Kier molecular flexibility index (Phi) is 10.2. The van der Waals surface area contributed by atoms with Gasteiger partial charge >= 0.3 is 18.4 Å². The number of carbonyl (C=O) groups is 2. The van der Waals surface area contributed by atoms with E-state index in [1.165, 1.54) is 17.0 Å². The molecule has 0 spiro atoms. The summed E-state index contributed by atoms with van der Waals surface area (Å²) in [5.74, 6) is 0. The van der Waals surface area contributed by atoms with E-state index in [0.717, 1.165) is 23.5 Å². The first kappa shape index (κ1) is 33.4. The van der Waals surface area contributed by atoms with Crippen molar-refractivity contribution < 1.29 is 32.2 Å². The van der Waals surface area contributed by atoms with E-state index in [2.05, 4.69) is 20.8 Å². The van der Waals surface area contributed by atoms with Crippen LogP contribution >= 0.6 is 11.3 Å². The predicted octanol–water partition coefficient (Wildman–Crippen LogP) is 6.73. The van der Waals surface area contributed by atoms with Crippen LogP contribution in [0.1, 0.15) is 52.7 Å². The number of nitrogens with two attached hydrogens (primary N) is 1. The maximum atomic E-state index is 13.5. The summed E-state index contributed by atoms with van der Waals surface area (Å²) in [4.78, 5) is 27.5. The van der Waals surface area contributed by atoms with E-state index in [0.29, 0.717) is 27.5 Å². The summed E-state index contributed by atoms with van der Waals surface area (Å²) in [7, 11) is 1.74. The first-order chi connectivity index (χ1) is 19.8. The van der Waals surface area contributed by atoms with Gasteiger partial charge in [-0.05, 0) is 83.9 Å². The van der Waals surface area contributed by atoms with Crippen LogP contribution in [-0.4, -0.2) is 53.2 Å². The molecule has 0 aliphatic heterocycles. The molecule has 3 rings (SSSR count). The highest BCUT2D eigenvalue weighted by molar-refractivity contribution is 7.18. The lowest BCUT2D eigenvalue weighted by molar-refractivity contribution is -0.137. The maximum absolute atomic E-state index is 13.5. The molecule has 1 atom stereocenters. The summed E-state index contributed by atoms with van der Waals surface area (Å²) in [6, 6.07) is 9.08. The molecule has 0 fully saturated rings. The smallest absolute Gasteiger partial charge is 0.416 e. The number of rotatable bonds is 8. The van der Waals surface area contributed by atoms with E-state index in [1.54, 1.807) is 66.8 Å². The van der Waals surface area contributed by atoms with Crippen LogP contribution in [0.15, 0.2) is 42.5 Å². The fourth-order valence-electron chi connectivity index (χ4n) is 3.86. The Morgan fingerprint density at radius 3 is 2.16 bits per heavy atom. The van der Waals surface area contributed by atoms with Crippen LogP contribution in [0.2, 0.25) is 0 Å². The molecular formula is C29H37F3N6O4S. The first-order valence-corrected chi connectivity index (χ1v) is 14.2. The third-order valence-corrected chi connectivity index (χ3v) is 6.71. The molecule has 2 aromatic carbocycles. The van der Waals surface area contributed by atoms with Crippen LogP contribution in [0, 0.1) is 0 Å². The third kappa shape index (κ3) is 10.0. The molecule has 0 bridgehead atoms. The predicted molar refractivity (Wildman–Crippen MR) is 161 cm³/mol. The number of aromatic nitrogens is 2. The van der Waals surface area contributed by atoms with E-state index in [9.17, 15) is 22.8 Å². The van der Waals surface area contributed by atoms with Crippen molar-refractivity contribution in [3.63, 3.8) is 0 Å². The molecule has 0 radical (unpaired) electrons. The lowest BCUT2D eigenvalue weighted by Gasteiger charge is -2.29. The highest BCUT2D eigenvalue weighted by Crippen LogP contribution is 2.33. The molecule has 0 aliphatic rings. The molecule has 14 heteroatoms. The van der Waals surface area contributed by atoms with Crippen molar-refractivity contribution >= 4 is 40.0 Å². The molecule has 3 aromatic rings. The molecule has 0 saturated heterocycles. The summed E-state index contributed by atoms with van der Waals surface area (Å²) in [5, 5.41) is 14.9. The maximum Gasteiger partial charge on any atom is 0.416 e. The number of ether oxygens (including phenoxy) is 2. The fourth-order valence-corrected chi connectivity index (χ4v) is 4.71. The van der Waals surface area contributed by atoms with Gasteiger partial charge in [0, 0.05) is 12.6 Å². The second-order valence-electron chi connectivity index (χ2n) is 11.8. The van der Waals surface area contributed by atoms with Crippen molar-refractivity contribution in [2.75, 3.05) is 29.5 Å². The number of alkyl halides is 3. The molecular weight excluding hydrogens is 585 g/mol. The number of hydrogen-bond donors (Lipinski definition) is 3. The second-order valence-corrected chi connectivity index (χ2v) is 12.7. The standard InChI is InChI=1S/C29H37F3N6O4S/c1-27(2,3)41-25(39)35-20(14-17-8-11-19(12-9-17)29(30,31)32)16-38(26(40)42-28(4,5)6)24-37-36-23(43-24)18-10-13-21(33)22(15-18)34-7/h8-13,15,20,34H,14,16,33H2,1-7H3,(H,35,39). The van der Waals surface area contributed by atoms with Crippen molar-refractivity contribution in [3.05, 3.63) is 53.6 Å². The summed E-state index contributed by atoms with van der Waals surface area (Å²) < 4.78 is 50.4. The number of nitrogens with zero attached hydrogens (tertiary/aromatic N) is 3. The largest absolute Gasteiger partial charge is 0.444 e. The van der Waals surface area contributed by atoms with Gasteiger partial charge in [0.25, 0.3) is 0 Å². The highest BCUT2D eigenvalue weighted by Gasteiger charge is 2.32. The van der Waals surface area contributed by atoms with Crippen molar-refractivity contribution in [1.29, 1.82) is 0 Å². The van der Waals surface area contributed by atoms with Gasteiger partial charge in [-0.15, -0.1) is 10.2 Å². The Morgan fingerprint density at radius 2 is 1.60 bits per heavy atom. The number of anilines is 3. The molecule has 2 amide bonds. The molecule has 234 valence electrons. The van der Waals surface area contributed by atoms with Gasteiger partial charge in [0.05, 0.1) is 29.5 Å². The molecule has 1 aromatic heterocycles. The van der Waals surface area contributed by atoms with E-state index in [-0.39, 0.29) is 18.1 Å². The Bertz CT molecular complexity index is 1420. The number of halogens is 3. The highest BCUT2D eigenvalue weighted by atomic mass is 32.1. The van der Waals surface area contributed by atoms with Crippen molar-refractivity contribution in [2.24, 2.45) is 0 Å². The number of carbonyl (C=O) groups excluding carboxylic acids is 2. The number of amides is 2. The summed E-state index contributed by atoms with van der Waals surface area (Å²) in [5.41, 5.74) is 5.97. The van der Waals surface area contributed by atoms with Crippen LogP contribution in [0.4, 0.5) is 39.3 Å². The van der Waals surface area contributed by atoms with Gasteiger partial charge in [0.15, 0.2) is 0 Å². The zero-order valence-electron chi connectivity index (χ0n) is 25.1. The second kappa shape index (κ2) is 13.1. The number of hydrogen-bond acceptors (Lipinski definition) is 9. The Hall–Kier alpha value is -4.07. The van der Waals surface area contributed by atoms with Crippen molar-refractivity contribution in [3.8, 4) is 10.6 Å². The van der Waals surface area contributed by atoms with Crippen molar-refractivity contribution in [2.45, 2.75) is 71.4 Å². The van der Waals surface area contributed by atoms with Gasteiger partial charge in [0.2, 0.25) is 5.13 Å². The number of nitrogens with one attached hydrogen (secondary N) is 2. The van der Waals surface area contributed by atoms with Gasteiger partial charge < -0.3 is 25.8 Å². The average Bonchev–Trinajstić information content (AvgIpc) is 3.35. The molecule has 43 heavy (non-hydrogen) atoms. The zero-order valence-corrected chi connectivity index (χ0v) is 25.9. The van der Waals surface area contributed by atoms with Crippen LogP contribution in [0.25, 0.3) is 10.6 Å². The Morgan fingerprint density at radius 1 is 0.977 bits per heavy atom. The Labute approximate surface area is 252 Å². The van der Waals surface area contributed by atoms with Gasteiger partial charge in [0.1, 0.15) is 16.2 Å². The van der Waals surface area contributed by atoms with E-state index >= 15 is 0 Å². The zero-order chi connectivity index (χ0) is 32.2. The van der Waals surface area contributed by atoms with Crippen LogP contribution in [0.5, 0.6) is 0 Å². The minimum Gasteiger partial charge on any atom is -0.444 e. The van der Waals surface area contributed by atoms with Gasteiger partial charge in [-0.1, -0.05) is 23.5 Å². The molecule has 0 aliphatic carbocycles. The van der Waals surface area contributed by atoms with Crippen LogP contribution < -0.4 is 21.3 Å². The normalized spacial score (nSPS) is 12.8. The van der Waals surface area contributed by atoms with Gasteiger partial charge in [-0.25, -0.2) is 14.5 Å². The lowest BCUT2D eigenvalue weighted by Crippen LogP contribution is -2.49. The summed E-state index contributed by atoms with van der Waals surface area (Å²) >= 11 is 1.12. The fraction of sp³-hybridized carbons (Fsp3) is 0.448. The average molecular weight is 623 g/mol. The van der Waals surface area contributed by atoms with Gasteiger partial charge in [-0.2, -0.15) is 13.2 Å². The van der Waals surface area contributed by atoms with Crippen molar-refractivity contribution in [1.82, 2.24) is 15.5 Å². The molecule has 1 heterocycles. The first-order valence-electron chi connectivity index (χ1n) is 13.4. The topological polar surface area (TPSA) is 132 Å². The molecule has 10 nitrogen and oxygen atoms in total. The minimum absolute atomic E-state index is 0.0752. The SMILES string of the molecule is CNc1cc(-c2nnc(N(CC(Cc3ccc(C(F)(F)F)cc3)NC(=O)OC(C)(C)C)C(=O)OC(C)(C)C)s2)ccc1N. The monoisotopic (exact) mass is 622 g/mol. The van der Waals surface area contributed by atoms with E-state index in [1.807, 2.05) is 0 Å². The third-order valence-electron chi connectivity index (χ3n) is 5.72. The van der Waals surface area contributed by atoms with Crippen LogP contribution in [0.3, 0.4) is 0 Å². The number of benzene rings is 2. The number of nitrogen functional groups attached to an aromatic ring is 1. The molecule has 0 saturated carbocycles.